The number of benzene rings is 2. The van der Waals surface area contributed by atoms with E-state index in [1.807, 2.05) is 38.1 Å². The summed E-state index contributed by atoms with van der Waals surface area (Å²) in [7, 11) is 0. The molecule has 150 valence electrons. The molecule has 0 bridgehead atoms. The van der Waals surface area contributed by atoms with Gasteiger partial charge in [0.25, 0.3) is 0 Å². The van der Waals surface area contributed by atoms with Crippen LogP contribution in [0.5, 0.6) is 0 Å². The topological polar surface area (TPSA) is 127 Å². The lowest BCUT2D eigenvalue weighted by Gasteiger charge is -1.99. The molecule has 4 N–H and O–H groups in total. The molecule has 8 nitrogen and oxygen atoms in total. The average molecular weight is 435 g/mol. The molecular formula is C20H18N8S2. The van der Waals surface area contributed by atoms with E-state index < -0.39 is 0 Å². The van der Waals surface area contributed by atoms with E-state index in [1.54, 1.807) is 24.5 Å². The third-order valence-electron chi connectivity index (χ3n) is 4.16. The van der Waals surface area contributed by atoms with Crippen LogP contribution < -0.4 is 11.5 Å². The predicted molar refractivity (Wildman–Crippen MR) is 123 cm³/mol. The van der Waals surface area contributed by atoms with Crippen molar-refractivity contribution >= 4 is 55.7 Å². The normalized spacial score (nSPS) is 11.7. The maximum Gasteiger partial charge on any atom is 0.230 e. The molecule has 0 radical (unpaired) electrons. The van der Waals surface area contributed by atoms with Gasteiger partial charge in [-0.05, 0) is 61.4 Å². The van der Waals surface area contributed by atoms with Crippen molar-refractivity contribution in [3.8, 4) is 9.75 Å². The Morgan fingerprint density at radius 2 is 1.10 bits per heavy atom. The van der Waals surface area contributed by atoms with Crippen molar-refractivity contribution in [2.45, 2.75) is 13.8 Å². The van der Waals surface area contributed by atoms with Crippen LogP contribution in [0.3, 0.4) is 0 Å². The maximum atomic E-state index is 5.77. The van der Waals surface area contributed by atoms with Crippen molar-refractivity contribution in [1.82, 2.24) is 9.97 Å². The lowest BCUT2D eigenvalue weighted by atomic mass is 10.2. The first-order valence-corrected chi connectivity index (χ1v) is 10.6. The summed E-state index contributed by atoms with van der Waals surface area (Å²) in [6.07, 6.45) is 3.51. The zero-order valence-corrected chi connectivity index (χ0v) is 17.9. The fraction of sp³-hybridized carbons (Fsp3) is 0.100. The highest BCUT2D eigenvalue weighted by molar-refractivity contribution is 7.25. The van der Waals surface area contributed by atoms with Gasteiger partial charge in [0.05, 0.1) is 21.1 Å². The number of azo groups is 2. The monoisotopic (exact) mass is 434 g/mol. The number of anilines is 2. The Kier molecular flexibility index (Phi) is 5.59. The minimum absolute atomic E-state index is 0.565. The molecule has 0 fully saturated rings. The molecule has 2 heterocycles. The zero-order valence-electron chi connectivity index (χ0n) is 16.3. The molecule has 4 rings (SSSR count). The highest BCUT2D eigenvalue weighted by atomic mass is 32.1. The van der Waals surface area contributed by atoms with Gasteiger partial charge in [-0.15, -0.1) is 20.5 Å². The van der Waals surface area contributed by atoms with Crippen LogP contribution in [0.25, 0.3) is 9.75 Å². The molecule has 10 heteroatoms. The lowest BCUT2D eigenvalue weighted by molar-refractivity contribution is 1.18. The Labute approximate surface area is 181 Å². The summed E-state index contributed by atoms with van der Waals surface area (Å²) < 4.78 is 0. The average Bonchev–Trinajstić information content (AvgIpc) is 3.36. The second-order valence-corrected chi connectivity index (χ2v) is 8.52. The van der Waals surface area contributed by atoms with Gasteiger partial charge >= 0.3 is 0 Å². The molecule has 0 saturated heterocycles. The first-order chi connectivity index (χ1) is 14.5. The van der Waals surface area contributed by atoms with Crippen LogP contribution in [-0.2, 0) is 0 Å². The number of rotatable bonds is 5. The van der Waals surface area contributed by atoms with Crippen molar-refractivity contribution in [1.29, 1.82) is 0 Å². The molecule has 0 aliphatic rings. The van der Waals surface area contributed by atoms with E-state index in [4.69, 9.17) is 11.5 Å². The molecule has 0 atom stereocenters. The molecule has 2 aromatic carbocycles. The molecule has 0 amide bonds. The van der Waals surface area contributed by atoms with Crippen LogP contribution in [0.15, 0.2) is 69.2 Å². The summed E-state index contributed by atoms with van der Waals surface area (Å²) in [6.45, 7) is 3.88. The Balaban J connectivity index is 1.48. The Morgan fingerprint density at radius 1 is 0.667 bits per heavy atom. The number of hydrogen-bond donors (Lipinski definition) is 2. The van der Waals surface area contributed by atoms with Gasteiger partial charge in [0.1, 0.15) is 0 Å². The summed E-state index contributed by atoms with van der Waals surface area (Å²) in [5.41, 5.74) is 16.4. The SMILES string of the molecule is Cc1cc(N)ccc1/N=N/c1ncc(-c2cnc(/N=N/c3ccc(N)cc3C)s2)s1. The Morgan fingerprint density at radius 3 is 1.50 bits per heavy atom. The summed E-state index contributed by atoms with van der Waals surface area (Å²) in [5, 5.41) is 18.1. The van der Waals surface area contributed by atoms with E-state index in [9.17, 15) is 0 Å². The smallest absolute Gasteiger partial charge is 0.230 e. The van der Waals surface area contributed by atoms with Crippen LogP contribution in [-0.4, -0.2) is 9.97 Å². The van der Waals surface area contributed by atoms with E-state index in [0.717, 1.165) is 32.3 Å². The molecule has 0 aliphatic heterocycles. The van der Waals surface area contributed by atoms with Crippen LogP contribution in [0, 0.1) is 13.8 Å². The van der Waals surface area contributed by atoms with Gasteiger partial charge in [0, 0.05) is 23.8 Å². The van der Waals surface area contributed by atoms with Crippen molar-refractivity contribution < 1.29 is 0 Å². The van der Waals surface area contributed by atoms with Crippen LogP contribution in [0.1, 0.15) is 11.1 Å². The Hall–Kier alpha value is -3.50. The first kappa shape index (κ1) is 19.8. The highest BCUT2D eigenvalue weighted by Gasteiger charge is 2.09. The number of hydrogen-bond acceptors (Lipinski definition) is 10. The number of nitrogens with zero attached hydrogens (tertiary/aromatic N) is 6. The molecular weight excluding hydrogens is 416 g/mol. The van der Waals surface area contributed by atoms with Gasteiger partial charge in [0.15, 0.2) is 0 Å². The maximum absolute atomic E-state index is 5.77. The van der Waals surface area contributed by atoms with Crippen molar-refractivity contribution in [3.05, 3.63) is 59.9 Å². The first-order valence-electron chi connectivity index (χ1n) is 8.96. The lowest BCUT2D eigenvalue weighted by Crippen LogP contribution is -1.84. The number of thiazole rings is 2. The number of aromatic nitrogens is 2. The van der Waals surface area contributed by atoms with Crippen LogP contribution >= 0.6 is 22.7 Å². The summed E-state index contributed by atoms with van der Waals surface area (Å²) in [6, 6.07) is 11.0. The van der Waals surface area contributed by atoms with Gasteiger partial charge in [-0.3, -0.25) is 0 Å². The fourth-order valence-electron chi connectivity index (χ4n) is 2.63. The third kappa shape index (κ3) is 4.56. The fourth-order valence-corrected chi connectivity index (χ4v) is 4.16. The minimum Gasteiger partial charge on any atom is -0.399 e. The minimum atomic E-state index is 0.565. The summed E-state index contributed by atoms with van der Waals surface area (Å²) >= 11 is 2.87. The summed E-state index contributed by atoms with van der Waals surface area (Å²) in [4.78, 5) is 10.5. The zero-order chi connectivity index (χ0) is 21.1. The highest BCUT2D eigenvalue weighted by Crippen LogP contribution is 2.37. The Bertz CT molecular complexity index is 1160. The summed E-state index contributed by atoms with van der Waals surface area (Å²) in [5.74, 6) is 0. The van der Waals surface area contributed by atoms with E-state index in [-0.39, 0.29) is 0 Å². The van der Waals surface area contributed by atoms with E-state index in [2.05, 4.69) is 30.4 Å². The predicted octanol–water partition coefficient (Wildman–Crippen LogP) is 6.88. The quantitative estimate of drug-likeness (QED) is 0.262. The van der Waals surface area contributed by atoms with Crippen molar-refractivity contribution in [3.63, 3.8) is 0 Å². The van der Waals surface area contributed by atoms with Crippen molar-refractivity contribution in [2.75, 3.05) is 11.5 Å². The van der Waals surface area contributed by atoms with E-state index >= 15 is 0 Å². The van der Waals surface area contributed by atoms with Crippen LogP contribution in [0.4, 0.5) is 33.0 Å². The second-order valence-electron chi connectivity index (χ2n) is 6.51. The number of nitrogens with two attached hydrogens (primary N) is 2. The second kappa shape index (κ2) is 8.47. The molecule has 0 aliphatic carbocycles. The molecule has 30 heavy (non-hydrogen) atoms. The third-order valence-corrected chi connectivity index (χ3v) is 6.12. The largest absolute Gasteiger partial charge is 0.399 e. The van der Waals surface area contributed by atoms with E-state index in [1.165, 1.54) is 22.7 Å². The van der Waals surface area contributed by atoms with Gasteiger partial charge in [-0.1, -0.05) is 22.7 Å². The molecule has 4 aromatic rings. The van der Waals surface area contributed by atoms with E-state index in [0.29, 0.717) is 21.6 Å². The van der Waals surface area contributed by atoms with Gasteiger partial charge in [-0.2, -0.15) is 0 Å². The molecule has 0 spiro atoms. The molecule has 2 aromatic heterocycles. The molecule has 0 unspecified atom stereocenters. The van der Waals surface area contributed by atoms with Crippen molar-refractivity contribution in [2.24, 2.45) is 20.5 Å². The van der Waals surface area contributed by atoms with Gasteiger partial charge < -0.3 is 11.5 Å². The molecule has 0 saturated carbocycles. The number of aryl methyl sites for hydroxylation is 2. The van der Waals surface area contributed by atoms with Gasteiger partial charge in [-0.25, -0.2) is 9.97 Å². The van der Waals surface area contributed by atoms with Gasteiger partial charge in [0.2, 0.25) is 10.3 Å². The number of nitrogen functional groups attached to an aromatic ring is 2. The van der Waals surface area contributed by atoms with Crippen LogP contribution in [0.2, 0.25) is 0 Å². The standard InChI is InChI=1S/C20H18N8S2/c1-11-7-13(21)3-5-15(11)25-27-19-23-9-17(29-19)18-10-24-20(30-18)28-26-16-6-4-14(22)8-12(16)2/h3-10H,21-22H2,1-2H3/b27-25+,28-26+.